The summed E-state index contributed by atoms with van der Waals surface area (Å²) in [7, 11) is 0. The van der Waals surface area contributed by atoms with Crippen LogP contribution < -0.4 is 0 Å². The molecule has 342 valence electrons. The summed E-state index contributed by atoms with van der Waals surface area (Å²) in [5.74, 6) is 1.66. The molecule has 0 bridgehead atoms. The monoisotopic (exact) mass is 820 g/mol. The molecule has 7 nitrogen and oxygen atoms in total. The van der Waals surface area contributed by atoms with E-state index in [4.69, 9.17) is 14.2 Å². The summed E-state index contributed by atoms with van der Waals surface area (Å²) in [6.07, 6.45) is 39.4. The number of ether oxygens (including phenoxy) is 3. The molecule has 0 aromatic carbocycles. The van der Waals surface area contributed by atoms with Crippen LogP contribution in [0.5, 0.6) is 0 Å². The second-order valence-electron chi connectivity index (χ2n) is 18.2. The van der Waals surface area contributed by atoms with Crippen LogP contribution in [0.1, 0.15) is 252 Å². The van der Waals surface area contributed by atoms with E-state index in [-0.39, 0.29) is 17.9 Å². The van der Waals surface area contributed by atoms with Crippen molar-refractivity contribution in [2.24, 2.45) is 17.8 Å². The van der Waals surface area contributed by atoms with Crippen LogP contribution in [0.15, 0.2) is 0 Å². The number of carbonyl (C=O) groups excluding carboxylic acids is 3. The van der Waals surface area contributed by atoms with Gasteiger partial charge in [0.1, 0.15) is 6.61 Å². The van der Waals surface area contributed by atoms with Gasteiger partial charge in [-0.1, -0.05) is 182 Å². The van der Waals surface area contributed by atoms with Gasteiger partial charge in [-0.25, -0.2) is 0 Å². The molecule has 0 aliphatic carbocycles. The summed E-state index contributed by atoms with van der Waals surface area (Å²) in [5.41, 5.74) is 0. The van der Waals surface area contributed by atoms with E-state index in [2.05, 4.69) is 32.6 Å². The Balaban J connectivity index is 2.30. The molecule has 0 radical (unpaired) electrons. The molecule has 0 amide bonds. The van der Waals surface area contributed by atoms with Crippen molar-refractivity contribution in [3.63, 3.8) is 0 Å². The lowest BCUT2D eigenvalue weighted by Crippen LogP contribution is -2.25. The maximum absolute atomic E-state index is 12.8. The maximum atomic E-state index is 12.8. The first-order chi connectivity index (χ1) is 28.4. The van der Waals surface area contributed by atoms with Gasteiger partial charge in [0.05, 0.1) is 13.2 Å². The number of unbranched alkanes of at least 4 members (excludes halogenated alkanes) is 16. The Hall–Kier alpha value is -1.63. The van der Waals surface area contributed by atoms with Crippen molar-refractivity contribution in [2.45, 2.75) is 252 Å². The molecule has 1 fully saturated rings. The highest BCUT2D eigenvalue weighted by Gasteiger charge is 2.17. The zero-order chi connectivity index (χ0) is 42.2. The smallest absolute Gasteiger partial charge is 0.306 e. The highest BCUT2D eigenvalue weighted by Crippen LogP contribution is 2.25. The van der Waals surface area contributed by atoms with Crippen molar-refractivity contribution < 1.29 is 28.6 Å². The third-order valence-electron chi connectivity index (χ3n) is 12.8. The first-order valence-electron chi connectivity index (χ1n) is 25.6. The Morgan fingerprint density at radius 1 is 0.397 bits per heavy atom. The third-order valence-corrected chi connectivity index (χ3v) is 12.8. The van der Waals surface area contributed by atoms with Crippen LogP contribution in [0.2, 0.25) is 0 Å². The van der Waals surface area contributed by atoms with Crippen LogP contribution in [0, 0.1) is 17.8 Å². The molecular weight excluding hydrogens is 723 g/mol. The van der Waals surface area contributed by atoms with Crippen LogP contribution in [0.4, 0.5) is 0 Å². The molecule has 1 heterocycles. The van der Waals surface area contributed by atoms with E-state index >= 15 is 0 Å². The minimum absolute atomic E-state index is 0.0289. The molecular formula is C51H97NO6. The van der Waals surface area contributed by atoms with Gasteiger partial charge in [-0.3, -0.25) is 19.3 Å². The molecule has 1 rings (SSSR count). The van der Waals surface area contributed by atoms with Gasteiger partial charge in [-0.15, -0.1) is 0 Å². The predicted molar refractivity (Wildman–Crippen MR) is 244 cm³/mol. The van der Waals surface area contributed by atoms with Crippen LogP contribution >= 0.6 is 0 Å². The second kappa shape index (κ2) is 40.8. The molecule has 1 saturated heterocycles. The highest BCUT2D eigenvalue weighted by atomic mass is 16.5. The third kappa shape index (κ3) is 34.1. The Kier molecular flexibility index (Phi) is 38.2. The Bertz CT molecular complexity index is 860. The molecule has 7 heteroatoms. The Morgan fingerprint density at radius 3 is 1.16 bits per heavy atom. The lowest BCUT2D eigenvalue weighted by Gasteiger charge is -2.18. The zero-order valence-corrected chi connectivity index (χ0v) is 39.1. The van der Waals surface area contributed by atoms with Crippen LogP contribution in [-0.4, -0.2) is 62.3 Å². The molecule has 0 unspecified atom stereocenters. The fourth-order valence-corrected chi connectivity index (χ4v) is 8.82. The van der Waals surface area contributed by atoms with Crippen molar-refractivity contribution in [1.82, 2.24) is 4.90 Å². The Morgan fingerprint density at radius 2 is 0.741 bits per heavy atom. The summed E-state index contributed by atoms with van der Waals surface area (Å²) in [4.78, 5) is 40.1. The van der Waals surface area contributed by atoms with E-state index in [0.717, 1.165) is 110 Å². The number of hydrogen-bond acceptors (Lipinski definition) is 7. The lowest BCUT2D eigenvalue weighted by molar-refractivity contribution is -0.145. The highest BCUT2D eigenvalue weighted by molar-refractivity contribution is 5.70. The average Bonchev–Trinajstić information content (AvgIpc) is 3.73. The van der Waals surface area contributed by atoms with E-state index in [1.807, 2.05) is 0 Å². The Labute approximate surface area is 360 Å². The molecule has 0 N–H and O–H groups in total. The maximum Gasteiger partial charge on any atom is 0.306 e. The molecule has 1 aliphatic rings. The normalized spacial score (nSPS) is 13.3. The first kappa shape index (κ1) is 54.4. The van der Waals surface area contributed by atoms with E-state index in [1.165, 1.54) is 116 Å². The van der Waals surface area contributed by atoms with Crippen molar-refractivity contribution in [2.75, 3.05) is 39.5 Å². The molecule has 0 atom stereocenters. The van der Waals surface area contributed by atoms with E-state index in [1.54, 1.807) is 0 Å². The fraction of sp³-hybridized carbons (Fsp3) is 0.941. The first-order valence-corrected chi connectivity index (χ1v) is 25.6. The van der Waals surface area contributed by atoms with Gasteiger partial charge in [0.2, 0.25) is 0 Å². The van der Waals surface area contributed by atoms with Crippen molar-refractivity contribution in [3.05, 3.63) is 0 Å². The van der Waals surface area contributed by atoms with Gasteiger partial charge in [-0.05, 0) is 82.2 Å². The largest absolute Gasteiger partial charge is 0.466 e. The minimum Gasteiger partial charge on any atom is -0.466 e. The number of esters is 3. The summed E-state index contributed by atoms with van der Waals surface area (Å²) >= 11 is 0. The molecule has 0 aromatic rings. The van der Waals surface area contributed by atoms with Gasteiger partial charge < -0.3 is 14.2 Å². The number of nitrogens with zero attached hydrogens (tertiary/aromatic N) is 1. The van der Waals surface area contributed by atoms with E-state index in [0.29, 0.717) is 56.8 Å². The van der Waals surface area contributed by atoms with Crippen molar-refractivity contribution >= 4 is 17.9 Å². The minimum atomic E-state index is -0.0392. The zero-order valence-electron chi connectivity index (χ0n) is 39.1. The van der Waals surface area contributed by atoms with E-state index < -0.39 is 0 Å². The molecule has 58 heavy (non-hydrogen) atoms. The van der Waals surface area contributed by atoms with Gasteiger partial charge >= 0.3 is 17.9 Å². The van der Waals surface area contributed by atoms with Crippen molar-refractivity contribution in [1.29, 1.82) is 0 Å². The molecule has 0 spiro atoms. The van der Waals surface area contributed by atoms with Gasteiger partial charge in [0, 0.05) is 25.8 Å². The summed E-state index contributed by atoms with van der Waals surface area (Å²) < 4.78 is 17.0. The lowest BCUT2D eigenvalue weighted by atomic mass is 9.91. The summed E-state index contributed by atoms with van der Waals surface area (Å²) in [6.45, 7) is 13.8. The topological polar surface area (TPSA) is 82.1 Å². The molecule has 1 aliphatic heterocycles. The average molecular weight is 820 g/mol. The van der Waals surface area contributed by atoms with Crippen molar-refractivity contribution in [3.8, 4) is 0 Å². The van der Waals surface area contributed by atoms with Gasteiger partial charge in [-0.2, -0.15) is 0 Å². The van der Waals surface area contributed by atoms with Gasteiger partial charge in [0.25, 0.3) is 0 Å². The van der Waals surface area contributed by atoms with Crippen LogP contribution in [0.3, 0.4) is 0 Å². The second-order valence-corrected chi connectivity index (χ2v) is 18.2. The molecule has 0 saturated carbocycles. The number of carbonyl (C=O) groups is 3. The predicted octanol–water partition coefficient (Wildman–Crippen LogP) is 14.5. The van der Waals surface area contributed by atoms with E-state index in [9.17, 15) is 14.4 Å². The quantitative estimate of drug-likeness (QED) is 0.0344. The van der Waals surface area contributed by atoms with Crippen LogP contribution in [0.25, 0.3) is 0 Å². The van der Waals surface area contributed by atoms with Gasteiger partial charge in [0.15, 0.2) is 0 Å². The summed E-state index contributed by atoms with van der Waals surface area (Å²) in [5, 5.41) is 0. The molecule has 0 aromatic heterocycles. The fourth-order valence-electron chi connectivity index (χ4n) is 8.82. The standard InChI is InChI=1S/C51H97NO6/c1-5-9-19-29-46(30-20-10-6-2)37-42-56-49(53)35-25-17-13-15-23-33-48(45-51(55)58-44-41-52-39-27-28-40-52)34-24-16-14-18-26-36-50(54)57-43-38-47(31-21-11-7-3)32-22-12-8-4/h46-48H,5-45H2,1-4H3. The SMILES string of the molecule is CCCCCC(CCCCC)CCOC(=O)CCCCCCCC(CCCCCCCC(=O)OCCC(CCCCC)CCCCC)CC(=O)OCCN1CCCC1. The van der Waals surface area contributed by atoms with Crippen LogP contribution in [-0.2, 0) is 28.6 Å². The number of likely N-dealkylation sites (tertiary alicyclic amines) is 1. The number of rotatable bonds is 43. The summed E-state index contributed by atoms with van der Waals surface area (Å²) in [6, 6.07) is 0. The number of hydrogen-bond donors (Lipinski definition) is 0.